The first-order valence-corrected chi connectivity index (χ1v) is 7.31. The lowest BCUT2D eigenvalue weighted by molar-refractivity contribution is -0.141. The highest BCUT2D eigenvalue weighted by Crippen LogP contribution is 2.25. The van der Waals surface area contributed by atoms with Crippen molar-refractivity contribution in [3.63, 3.8) is 0 Å². The Balaban J connectivity index is 2.18. The fourth-order valence-electron chi connectivity index (χ4n) is 2.74. The van der Waals surface area contributed by atoms with Gasteiger partial charge in [-0.25, -0.2) is 0 Å². The summed E-state index contributed by atoms with van der Waals surface area (Å²) in [4.78, 5) is 27.5. The van der Waals surface area contributed by atoms with Gasteiger partial charge < -0.3 is 10.0 Å². The monoisotopic (exact) mass is 290 g/mol. The number of nitrogens with zero attached hydrogens (tertiary/aromatic N) is 2. The van der Waals surface area contributed by atoms with Gasteiger partial charge in [-0.3, -0.25) is 14.5 Å². The maximum absolute atomic E-state index is 12.8. The first-order chi connectivity index (χ1) is 10.0. The molecule has 1 N–H and O–H groups in total. The van der Waals surface area contributed by atoms with Crippen LogP contribution in [0.3, 0.4) is 0 Å². The zero-order chi connectivity index (χ0) is 15.4. The molecule has 1 fully saturated rings. The number of benzene rings is 1. The van der Waals surface area contributed by atoms with E-state index in [1.165, 1.54) is 0 Å². The molecule has 0 saturated carbocycles. The molecule has 0 aromatic heterocycles. The van der Waals surface area contributed by atoms with Gasteiger partial charge >= 0.3 is 5.97 Å². The maximum Gasteiger partial charge on any atom is 0.308 e. The average Bonchev–Trinajstić information content (AvgIpc) is 2.98. The van der Waals surface area contributed by atoms with Crippen molar-refractivity contribution in [3.8, 4) is 0 Å². The largest absolute Gasteiger partial charge is 0.481 e. The summed E-state index contributed by atoms with van der Waals surface area (Å²) in [6.45, 7) is 3.60. The number of likely N-dealkylation sites (tertiary alicyclic amines) is 1. The second-order valence-corrected chi connectivity index (χ2v) is 5.49. The van der Waals surface area contributed by atoms with Crippen LogP contribution in [0.25, 0.3) is 0 Å². The molecule has 0 spiro atoms. The summed E-state index contributed by atoms with van der Waals surface area (Å²) >= 11 is 0. The predicted molar refractivity (Wildman–Crippen MR) is 79.8 cm³/mol. The molecule has 0 aliphatic carbocycles. The Morgan fingerprint density at radius 1 is 1.38 bits per heavy atom. The summed E-state index contributed by atoms with van der Waals surface area (Å²) < 4.78 is 0. The Bertz CT molecular complexity index is 504. The van der Waals surface area contributed by atoms with Gasteiger partial charge in [0.05, 0.1) is 5.92 Å². The molecule has 1 aliphatic heterocycles. The van der Waals surface area contributed by atoms with Gasteiger partial charge in [0.2, 0.25) is 5.91 Å². The first-order valence-electron chi connectivity index (χ1n) is 7.31. The van der Waals surface area contributed by atoms with Crippen LogP contribution in [-0.2, 0) is 9.59 Å². The van der Waals surface area contributed by atoms with Gasteiger partial charge in [-0.1, -0.05) is 37.3 Å². The fourth-order valence-corrected chi connectivity index (χ4v) is 2.74. The maximum atomic E-state index is 12.8. The van der Waals surface area contributed by atoms with Crippen LogP contribution < -0.4 is 0 Å². The van der Waals surface area contributed by atoms with E-state index in [2.05, 4.69) is 0 Å². The van der Waals surface area contributed by atoms with Crippen LogP contribution in [0.15, 0.2) is 30.3 Å². The molecule has 5 nitrogen and oxygen atoms in total. The number of carbonyl (C=O) groups excluding carboxylic acids is 1. The molecule has 21 heavy (non-hydrogen) atoms. The zero-order valence-corrected chi connectivity index (χ0v) is 12.5. The van der Waals surface area contributed by atoms with Gasteiger partial charge in [-0.2, -0.15) is 0 Å². The number of rotatable bonds is 5. The number of carbonyl (C=O) groups is 2. The third-order valence-electron chi connectivity index (χ3n) is 4.14. The Morgan fingerprint density at radius 3 is 2.57 bits per heavy atom. The number of carboxylic acid groups (broad SMARTS) is 1. The number of aliphatic carboxylic acids is 1. The second-order valence-electron chi connectivity index (χ2n) is 5.49. The minimum atomic E-state index is -0.814. The molecule has 1 aromatic carbocycles. The molecule has 5 heteroatoms. The van der Waals surface area contributed by atoms with Crippen molar-refractivity contribution in [2.24, 2.45) is 5.92 Å². The second kappa shape index (κ2) is 6.72. The quantitative estimate of drug-likeness (QED) is 0.895. The Hall–Kier alpha value is -1.88. The van der Waals surface area contributed by atoms with Crippen molar-refractivity contribution < 1.29 is 14.7 Å². The Kier molecular flexibility index (Phi) is 4.96. The number of carboxylic acids is 1. The van der Waals surface area contributed by atoms with Gasteiger partial charge in [-0.05, 0) is 25.6 Å². The highest BCUT2D eigenvalue weighted by Gasteiger charge is 2.35. The van der Waals surface area contributed by atoms with Crippen molar-refractivity contribution >= 4 is 11.9 Å². The number of likely N-dealkylation sites (N-methyl/N-ethyl adjacent to an activating group) is 1. The third kappa shape index (κ3) is 3.42. The summed E-state index contributed by atoms with van der Waals surface area (Å²) in [5.41, 5.74) is 0.950. The van der Waals surface area contributed by atoms with Crippen molar-refractivity contribution in [1.82, 2.24) is 9.80 Å². The van der Waals surface area contributed by atoms with Crippen LogP contribution in [-0.4, -0.2) is 53.5 Å². The van der Waals surface area contributed by atoms with E-state index in [0.717, 1.165) is 12.1 Å². The summed E-state index contributed by atoms with van der Waals surface area (Å²) in [7, 11) is 1.92. The van der Waals surface area contributed by atoms with Gasteiger partial charge in [-0.15, -0.1) is 0 Å². The van der Waals surface area contributed by atoms with Crippen molar-refractivity contribution in [2.75, 3.05) is 26.7 Å². The minimum absolute atomic E-state index is 0.00528. The standard InChI is InChI=1S/C16H22N2O3/c1-3-17(2)14(12-7-5-4-6-8-12)15(19)18-10-9-13(11-18)16(20)21/h4-8,13-14H,3,9-11H2,1-2H3,(H,20,21)/t13-,14+/m1/s1. The molecular formula is C16H22N2O3. The van der Waals surface area contributed by atoms with Crippen LogP contribution in [0, 0.1) is 5.92 Å². The highest BCUT2D eigenvalue weighted by molar-refractivity contribution is 5.84. The molecular weight excluding hydrogens is 268 g/mol. The van der Waals surface area contributed by atoms with Gasteiger partial charge in [0.1, 0.15) is 6.04 Å². The van der Waals surface area contributed by atoms with Crippen molar-refractivity contribution in [2.45, 2.75) is 19.4 Å². The average molecular weight is 290 g/mol. The van der Waals surface area contributed by atoms with E-state index in [-0.39, 0.29) is 11.9 Å². The molecule has 1 aliphatic rings. The van der Waals surface area contributed by atoms with Crippen LogP contribution >= 0.6 is 0 Å². The smallest absolute Gasteiger partial charge is 0.308 e. The molecule has 1 saturated heterocycles. The summed E-state index contributed by atoms with van der Waals surface area (Å²) in [6.07, 6.45) is 0.540. The summed E-state index contributed by atoms with van der Waals surface area (Å²) in [5, 5.41) is 9.08. The topological polar surface area (TPSA) is 60.9 Å². The number of amides is 1. The predicted octanol–water partition coefficient (Wildman–Crippen LogP) is 1.61. The van der Waals surface area contributed by atoms with Crippen molar-refractivity contribution in [3.05, 3.63) is 35.9 Å². The van der Waals surface area contributed by atoms with Crippen LogP contribution in [0.1, 0.15) is 24.9 Å². The van der Waals surface area contributed by atoms with Gasteiger partial charge in [0, 0.05) is 13.1 Å². The van der Waals surface area contributed by atoms with Crippen LogP contribution in [0.4, 0.5) is 0 Å². The van der Waals surface area contributed by atoms with Crippen molar-refractivity contribution in [1.29, 1.82) is 0 Å². The van der Waals surface area contributed by atoms with E-state index in [0.29, 0.717) is 19.5 Å². The molecule has 0 radical (unpaired) electrons. The molecule has 1 amide bonds. The van der Waals surface area contributed by atoms with Gasteiger partial charge in [0.15, 0.2) is 0 Å². The molecule has 0 bridgehead atoms. The lowest BCUT2D eigenvalue weighted by Crippen LogP contribution is -2.41. The normalized spacial score (nSPS) is 19.8. The van der Waals surface area contributed by atoms with Crippen LogP contribution in [0.5, 0.6) is 0 Å². The molecule has 2 rings (SSSR count). The third-order valence-corrected chi connectivity index (χ3v) is 4.14. The summed E-state index contributed by atoms with van der Waals surface area (Å²) in [6, 6.07) is 9.31. The summed E-state index contributed by atoms with van der Waals surface area (Å²) in [5.74, 6) is -1.25. The van der Waals surface area contributed by atoms with E-state index in [1.54, 1.807) is 4.90 Å². The molecule has 0 unspecified atom stereocenters. The number of hydrogen-bond donors (Lipinski definition) is 1. The zero-order valence-electron chi connectivity index (χ0n) is 12.5. The Labute approximate surface area is 125 Å². The lowest BCUT2D eigenvalue weighted by atomic mass is 10.0. The fraction of sp³-hybridized carbons (Fsp3) is 0.500. The van der Waals surface area contributed by atoms with Gasteiger partial charge in [0.25, 0.3) is 0 Å². The first kappa shape index (κ1) is 15.5. The van der Waals surface area contributed by atoms with Crippen LogP contribution in [0.2, 0.25) is 0 Å². The molecule has 1 heterocycles. The number of hydrogen-bond acceptors (Lipinski definition) is 3. The SMILES string of the molecule is CCN(C)[C@H](C(=O)N1CC[C@@H](C(=O)O)C1)c1ccccc1. The molecule has 114 valence electrons. The Morgan fingerprint density at radius 2 is 2.05 bits per heavy atom. The van der Waals surface area contributed by atoms with E-state index in [9.17, 15) is 9.59 Å². The lowest BCUT2D eigenvalue weighted by Gasteiger charge is -2.30. The van der Waals surface area contributed by atoms with E-state index >= 15 is 0 Å². The molecule has 2 atom stereocenters. The molecule has 1 aromatic rings. The highest BCUT2D eigenvalue weighted by atomic mass is 16.4. The van der Waals surface area contributed by atoms with E-state index in [1.807, 2.05) is 49.2 Å². The minimum Gasteiger partial charge on any atom is -0.481 e. The van der Waals surface area contributed by atoms with E-state index in [4.69, 9.17) is 5.11 Å². The van der Waals surface area contributed by atoms with E-state index < -0.39 is 11.9 Å².